The van der Waals surface area contributed by atoms with Crippen molar-refractivity contribution in [3.63, 3.8) is 0 Å². The van der Waals surface area contributed by atoms with Crippen LogP contribution in [0.3, 0.4) is 0 Å². The van der Waals surface area contributed by atoms with Gasteiger partial charge in [-0.05, 0) is 19.3 Å². The summed E-state index contributed by atoms with van der Waals surface area (Å²) in [6, 6.07) is 0. The van der Waals surface area contributed by atoms with E-state index in [1.165, 1.54) is 0 Å². The van der Waals surface area contributed by atoms with Crippen LogP contribution < -0.4 is 0 Å². The fraction of sp³-hybridized carbons (Fsp3) is 0.733. The lowest BCUT2D eigenvalue weighted by Gasteiger charge is -2.27. The number of aromatic nitrogens is 5. The molecule has 1 atom stereocenters. The number of halogens is 3. The molecule has 1 saturated carbocycles. The van der Waals surface area contributed by atoms with Crippen LogP contribution in [0.4, 0.5) is 13.2 Å². The standard InChI is InChI=1S/C15H19F3N6O/c1-2-10-19-11(22-21-10)7-24-6-5-14(8-24,15(16,17)18)13-20-12(23-25-13)9-3-4-9/h9H,2-8H2,1H3,(H,19,21,22). The third kappa shape index (κ3) is 2.92. The molecule has 136 valence electrons. The van der Waals surface area contributed by atoms with Crippen LogP contribution in [0, 0.1) is 0 Å². The van der Waals surface area contributed by atoms with Crippen LogP contribution in [0.25, 0.3) is 0 Å². The fourth-order valence-corrected chi connectivity index (χ4v) is 3.26. The number of aromatic amines is 1. The Kier molecular flexibility index (Phi) is 3.82. The van der Waals surface area contributed by atoms with Crippen molar-refractivity contribution >= 4 is 0 Å². The van der Waals surface area contributed by atoms with Gasteiger partial charge in [0.1, 0.15) is 11.6 Å². The predicted octanol–water partition coefficient (Wildman–Crippen LogP) is 2.33. The van der Waals surface area contributed by atoms with E-state index in [-0.39, 0.29) is 37.9 Å². The Balaban J connectivity index is 1.55. The summed E-state index contributed by atoms with van der Waals surface area (Å²) in [5.41, 5.74) is -2.11. The second-order valence-corrected chi connectivity index (χ2v) is 6.82. The molecule has 2 aromatic heterocycles. The van der Waals surface area contributed by atoms with Gasteiger partial charge in [0.15, 0.2) is 11.2 Å². The van der Waals surface area contributed by atoms with Gasteiger partial charge in [-0.2, -0.15) is 23.3 Å². The van der Waals surface area contributed by atoms with Gasteiger partial charge in [0.2, 0.25) is 5.89 Å². The molecule has 7 nitrogen and oxygen atoms in total. The Hall–Kier alpha value is -1.97. The fourth-order valence-electron chi connectivity index (χ4n) is 3.26. The van der Waals surface area contributed by atoms with Crippen LogP contribution in [-0.4, -0.2) is 49.5 Å². The van der Waals surface area contributed by atoms with E-state index < -0.39 is 11.6 Å². The minimum absolute atomic E-state index is 0.0996. The number of hydrogen-bond donors (Lipinski definition) is 1. The number of hydrogen-bond acceptors (Lipinski definition) is 6. The van der Waals surface area contributed by atoms with E-state index in [0.29, 0.717) is 23.9 Å². The van der Waals surface area contributed by atoms with Crippen molar-refractivity contribution in [2.75, 3.05) is 13.1 Å². The zero-order chi connectivity index (χ0) is 17.7. The highest BCUT2D eigenvalue weighted by molar-refractivity contribution is 5.17. The maximum Gasteiger partial charge on any atom is 0.404 e. The molecule has 1 aliphatic carbocycles. The lowest BCUT2D eigenvalue weighted by Crippen LogP contribution is -2.45. The summed E-state index contributed by atoms with van der Waals surface area (Å²) in [6.45, 7) is 2.27. The molecule has 0 bridgehead atoms. The summed E-state index contributed by atoms with van der Waals surface area (Å²) < 4.78 is 46.8. The van der Waals surface area contributed by atoms with Gasteiger partial charge in [-0.15, -0.1) is 0 Å². The zero-order valence-corrected chi connectivity index (χ0v) is 13.8. The van der Waals surface area contributed by atoms with Crippen LogP contribution in [0.2, 0.25) is 0 Å². The Bertz CT molecular complexity index is 753. The monoisotopic (exact) mass is 356 g/mol. The second kappa shape index (κ2) is 5.79. The highest BCUT2D eigenvalue weighted by Crippen LogP contribution is 2.48. The number of likely N-dealkylation sites (tertiary alicyclic amines) is 1. The molecule has 1 aliphatic heterocycles. The van der Waals surface area contributed by atoms with Crippen LogP contribution in [0.5, 0.6) is 0 Å². The Labute approximate surface area is 142 Å². The average molecular weight is 356 g/mol. The van der Waals surface area contributed by atoms with Crippen LogP contribution in [0.15, 0.2) is 4.52 Å². The Morgan fingerprint density at radius 1 is 1.32 bits per heavy atom. The van der Waals surface area contributed by atoms with E-state index >= 15 is 0 Å². The smallest absolute Gasteiger partial charge is 0.338 e. The van der Waals surface area contributed by atoms with E-state index in [0.717, 1.165) is 12.8 Å². The molecule has 1 saturated heterocycles. The van der Waals surface area contributed by atoms with Gasteiger partial charge in [-0.25, -0.2) is 4.98 Å². The molecule has 2 fully saturated rings. The maximum absolute atomic E-state index is 13.9. The lowest BCUT2D eigenvalue weighted by atomic mass is 9.86. The SMILES string of the molecule is CCc1n[nH]c(CN2CCC(c3nc(C4CC4)no3)(C(F)(F)F)C2)n1. The molecule has 1 unspecified atom stereocenters. The first-order valence-corrected chi connectivity index (χ1v) is 8.44. The van der Waals surface area contributed by atoms with Gasteiger partial charge in [0, 0.05) is 25.4 Å². The third-order valence-corrected chi connectivity index (χ3v) is 4.95. The Morgan fingerprint density at radius 2 is 2.12 bits per heavy atom. The summed E-state index contributed by atoms with van der Waals surface area (Å²) in [5, 5.41) is 10.6. The average Bonchev–Trinajstić information content (AvgIpc) is 3.01. The summed E-state index contributed by atoms with van der Waals surface area (Å²) >= 11 is 0. The second-order valence-electron chi connectivity index (χ2n) is 6.82. The van der Waals surface area contributed by atoms with Crippen molar-refractivity contribution in [2.45, 2.75) is 56.7 Å². The van der Waals surface area contributed by atoms with Gasteiger partial charge in [0.25, 0.3) is 0 Å². The Morgan fingerprint density at radius 3 is 2.76 bits per heavy atom. The third-order valence-electron chi connectivity index (χ3n) is 4.95. The molecule has 10 heteroatoms. The van der Waals surface area contributed by atoms with Crippen molar-refractivity contribution in [3.8, 4) is 0 Å². The predicted molar refractivity (Wildman–Crippen MR) is 79.7 cm³/mol. The summed E-state index contributed by atoms with van der Waals surface area (Å²) in [5.74, 6) is 1.47. The quantitative estimate of drug-likeness (QED) is 0.885. The van der Waals surface area contributed by atoms with E-state index in [1.54, 1.807) is 4.90 Å². The molecule has 2 aliphatic rings. The first-order chi connectivity index (χ1) is 11.9. The van der Waals surface area contributed by atoms with E-state index in [9.17, 15) is 13.2 Å². The van der Waals surface area contributed by atoms with Crippen molar-refractivity contribution in [3.05, 3.63) is 23.4 Å². The molecule has 1 N–H and O–H groups in total. The normalized spacial score (nSPS) is 25.0. The molecule has 25 heavy (non-hydrogen) atoms. The summed E-state index contributed by atoms with van der Waals surface area (Å²) in [4.78, 5) is 10.1. The molecule has 0 aromatic carbocycles. The molecule has 0 spiro atoms. The first-order valence-electron chi connectivity index (χ1n) is 8.44. The topological polar surface area (TPSA) is 83.7 Å². The minimum atomic E-state index is -4.45. The summed E-state index contributed by atoms with van der Waals surface area (Å²) in [6.07, 6.45) is -2.05. The molecule has 4 rings (SSSR count). The summed E-state index contributed by atoms with van der Waals surface area (Å²) in [7, 11) is 0. The van der Waals surface area contributed by atoms with Crippen LogP contribution >= 0.6 is 0 Å². The van der Waals surface area contributed by atoms with E-state index in [4.69, 9.17) is 4.52 Å². The van der Waals surface area contributed by atoms with Gasteiger partial charge >= 0.3 is 6.18 Å². The van der Waals surface area contributed by atoms with E-state index in [2.05, 4.69) is 25.3 Å². The number of nitrogens with one attached hydrogen (secondary N) is 1. The highest BCUT2D eigenvalue weighted by Gasteiger charge is 2.62. The van der Waals surface area contributed by atoms with Gasteiger partial charge in [-0.1, -0.05) is 12.1 Å². The van der Waals surface area contributed by atoms with Crippen molar-refractivity contribution in [1.82, 2.24) is 30.2 Å². The number of aryl methyl sites for hydroxylation is 1. The van der Waals surface area contributed by atoms with Crippen LogP contribution in [0.1, 0.15) is 55.5 Å². The molecular weight excluding hydrogens is 337 g/mol. The van der Waals surface area contributed by atoms with Gasteiger partial charge < -0.3 is 4.52 Å². The van der Waals surface area contributed by atoms with Crippen molar-refractivity contribution < 1.29 is 17.7 Å². The van der Waals surface area contributed by atoms with Crippen molar-refractivity contribution in [2.24, 2.45) is 0 Å². The minimum Gasteiger partial charge on any atom is -0.338 e. The maximum atomic E-state index is 13.9. The lowest BCUT2D eigenvalue weighted by molar-refractivity contribution is -0.193. The number of H-pyrrole nitrogens is 1. The number of rotatable bonds is 5. The molecule has 3 heterocycles. The molecular formula is C15H19F3N6O. The molecule has 0 amide bonds. The van der Waals surface area contributed by atoms with Crippen LogP contribution in [-0.2, 0) is 18.4 Å². The highest BCUT2D eigenvalue weighted by atomic mass is 19.4. The van der Waals surface area contributed by atoms with E-state index in [1.807, 2.05) is 6.92 Å². The molecule has 2 aromatic rings. The largest absolute Gasteiger partial charge is 0.404 e. The van der Waals surface area contributed by atoms with Gasteiger partial charge in [0.05, 0.1) is 6.54 Å². The number of nitrogens with zero attached hydrogens (tertiary/aromatic N) is 5. The molecule has 0 radical (unpaired) electrons. The van der Waals surface area contributed by atoms with Gasteiger partial charge in [-0.3, -0.25) is 10.00 Å². The number of alkyl halides is 3. The first kappa shape index (κ1) is 16.5. The van der Waals surface area contributed by atoms with Crippen molar-refractivity contribution in [1.29, 1.82) is 0 Å². The zero-order valence-electron chi connectivity index (χ0n) is 13.8.